The summed E-state index contributed by atoms with van der Waals surface area (Å²) in [5, 5.41) is 0. The molecule has 0 N–H and O–H groups in total. The van der Waals surface area contributed by atoms with E-state index in [1.165, 1.54) is 19.2 Å². The molecule has 0 spiro atoms. The molecule has 0 fully saturated rings. The highest BCUT2D eigenvalue weighted by Gasteiger charge is 2.07. The van der Waals surface area contributed by atoms with Crippen LogP contribution >= 0.6 is 15.9 Å². The van der Waals surface area contributed by atoms with Crippen LogP contribution in [0, 0.1) is 5.82 Å². The molecule has 2 aromatic rings. The van der Waals surface area contributed by atoms with Gasteiger partial charge in [-0.15, -0.1) is 0 Å². The van der Waals surface area contributed by atoms with Crippen LogP contribution in [0.4, 0.5) is 4.39 Å². The van der Waals surface area contributed by atoms with Gasteiger partial charge in [-0.25, -0.2) is 9.37 Å². The molecular formula is C12H9BrFNO. The van der Waals surface area contributed by atoms with Crippen LogP contribution in [0.2, 0.25) is 0 Å². The van der Waals surface area contributed by atoms with E-state index in [0.29, 0.717) is 5.75 Å². The fourth-order valence-corrected chi connectivity index (χ4v) is 1.84. The fraction of sp³-hybridized carbons (Fsp3) is 0.0833. The molecule has 0 amide bonds. The van der Waals surface area contributed by atoms with Crippen LogP contribution < -0.4 is 4.74 Å². The molecule has 2 nitrogen and oxygen atoms in total. The summed E-state index contributed by atoms with van der Waals surface area (Å²) < 4.78 is 18.9. The molecule has 0 aliphatic rings. The second kappa shape index (κ2) is 4.61. The van der Waals surface area contributed by atoms with Crippen molar-refractivity contribution in [1.82, 2.24) is 4.98 Å². The molecule has 0 radical (unpaired) electrons. The van der Waals surface area contributed by atoms with Crippen molar-refractivity contribution in [2.75, 3.05) is 7.11 Å². The monoisotopic (exact) mass is 281 g/mol. The molecule has 2 rings (SSSR count). The first-order chi connectivity index (χ1) is 7.70. The third kappa shape index (κ3) is 2.22. The van der Waals surface area contributed by atoms with Gasteiger partial charge in [0.15, 0.2) is 0 Å². The Morgan fingerprint density at radius 2 is 2.06 bits per heavy atom. The molecule has 0 saturated heterocycles. The summed E-state index contributed by atoms with van der Waals surface area (Å²) in [5.41, 5.74) is 1.77. The number of ether oxygens (including phenoxy) is 1. The lowest BCUT2D eigenvalue weighted by molar-refractivity contribution is 0.413. The number of halogens is 2. The standard InChI is InChI=1S/C12H9BrFNO/c1-16-11-7-9(14)2-3-10(11)8-4-5-15-12(13)6-8/h2-7H,1H3. The van der Waals surface area contributed by atoms with E-state index in [4.69, 9.17) is 4.74 Å². The fourth-order valence-electron chi connectivity index (χ4n) is 1.47. The number of rotatable bonds is 2. The molecule has 0 unspecified atom stereocenters. The van der Waals surface area contributed by atoms with Crippen molar-refractivity contribution < 1.29 is 9.13 Å². The predicted molar refractivity (Wildman–Crippen MR) is 63.9 cm³/mol. The quantitative estimate of drug-likeness (QED) is 0.784. The minimum Gasteiger partial charge on any atom is -0.496 e. The highest BCUT2D eigenvalue weighted by Crippen LogP contribution is 2.31. The molecule has 4 heteroatoms. The Hall–Kier alpha value is -1.42. The number of pyridine rings is 1. The molecule has 82 valence electrons. The molecule has 1 aromatic heterocycles. The van der Waals surface area contributed by atoms with Gasteiger partial charge >= 0.3 is 0 Å². The maximum atomic E-state index is 13.0. The van der Waals surface area contributed by atoms with E-state index >= 15 is 0 Å². The lowest BCUT2D eigenvalue weighted by Crippen LogP contribution is -1.89. The van der Waals surface area contributed by atoms with E-state index in [1.807, 2.05) is 12.1 Å². The number of benzene rings is 1. The van der Waals surface area contributed by atoms with Gasteiger partial charge in [0.25, 0.3) is 0 Å². The Labute approximate surface area is 101 Å². The first kappa shape index (κ1) is 11.1. The summed E-state index contributed by atoms with van der Waals surface area (Å²) in [6.07, 6.45) is 1.68. The number of methoxy groups -OCH3 is 1. The Morgan fingerprint density at radius 3 is 2.75 bits per heavy atom. The van der Waals surface area contributed by atoms with Crippen molar-refractivity contribution in [1.29, 1.82) is 0 Å². The minimum atomic E-state index is -0.311. The van der Waals surface area contributed by atoms with Crippen molar-refractivity contribution in [2.24, 2.45) is 0 Å². The summed E-state index contributed by atoms with van der Waals surface area (Å²) in [7, 11) is 1.52. The number of aromatic nitrogens is 1. The highest BCUT2D eigenvalue weighted by atomic mass is 79.9. The Balaban J connectivity index is 2.55. The maximum Gasteiger partial charge on any atom is 0.129 e. The molecule has 1 aromatic carbocycles. The average Bonchev–Trinajstić information content (AvgIpc) is 2.28. The normalized spacial score (nSPS) is 10.2. The number of hydrogen-bond acceptors (Lipinski definition) is 2. The van der Waals surface area contributed by atoms with E-state index in [1.54, 1.807) is 12.3 Å². The molecule has 0 atom stereocenters. The van der Waals surface area contributed by atoms with Crippen LogP contribution in [0.3, 0.4) is 0 Å². The zero-order valence-electron chi connectivity index (χ0n) is 8.58. The van der Waals surface area contributed by atoms with Gasteiger partial charge in [0, 0.05) is 17.8 Å². The molecule has 0 bridgehead atoms. The number of hydrogen-bond donors (Lipinski definition) is 0. The van der Waals surface area contributed by atoms with Crippen molar-refractivity contribution in [2.45, 2.75) is 0 Å². The van der Waals surface area contributed by atoms with Gasteiger partial charge in [-0.05, 0) is 45.8 Å². The highest BCUT2D eigenvalue weighted by molar-refractivity contribution is 9.10. The smallest absolute Gasteiger partial charge is 0.129 e. The summed E-state index contributed by atoms with van der Waals surface area (Å²) in [6.45, 7) is 0. The Kier molecular flexibility index (Phi) is 3.19. The van der Waals surface area contributed by atoms with Crippen LogP contribution in [-0.2, 0) is 0 Å². The van der Waals surface area contributed by atoms with Crippen LogP contribution in [0.5, 0.6) is 5.75 Å². The van der Waals surface area contributed by atoms with Gasteiger partial charge in [0.05, 0.1) is 7.11 Å². The molecule has 0 saturated carbocycles. The topological polar surface area (TPSA) is 22.1 Å². The van der Waals surface area contributed by atoms with E-state index in [-0.39, 0.29) is 5.82 Å². The summed E-state index contributed by atoms with van der Waals surface area (Å²) in [4.78, 5) is 4.04. The zero-order valence-corrected chi connectivity index (χ0v) is 10.2. The molecule has 1 heterocycles. The van der Waals surface area contributed by atoms with Crippen molar-refractivity contribution in [3.05, 3.63) is 46.9 Å². The van der Waals surface area contributed by atoms with Gasteiger partial charge in [0.2, 0.25) is 0 Å². The van der Waals surface area contributed by atoms with E-state index in [0.717, 1.165) is 15.7 Å². The molecular weight excluding hydrogens is 273 g/mol. The van der Waals surface area contributed by atoms with E-state index in [9.17, 15) is 4.39 Å². The zero-order chi connectivity index (χ0) is 11.5. The average molecular weight is 282 g/mol. The Bertz CT molecular complexity index is 516. The third-order valence-electron chi connectivity index (χ3n) is 2.20. The number of nitrogens with zero attached hydrogens (tertiary/aromatic N) is 1. The first-order valence-electron chi connectivity index (χ1n) is 4.66. The summed E-state index contributed by atoms with van der Waals surface area (Å²) >= 11 is 3.29. The maximum absolute atomic E-state index is 13.0. The van der Waals surface area contributed by atoms with Crippen LogP contribution in [-0.4, -0.2) is 12.1 Å². The van der Waals surface area contributed by atoms with Crippen LogP contribution in [0.1, 0.15) is 0 Å². The second-order valence-corrected chi connectivity index (χ2v) is 4.02. The lowest BCUT2D eigenvalue weighted by Gasteiger charge is -2.08. The van der Waals surface area contributed by atoms with Crippen molar-refractivity contribution in [3.63, 3.8) is 0 Å². The van der Waals surface area contributed by atoms with Gasteiger partial charge in [-0.1, -0.05) is 0 Å². The first-order valence-corrected chi connectivity index (χ1v) is 5.45. The largest absolute Gasteiger partial charge is 0.496 e. The minimum absolute atomic E-state index is 0.311. The molecule has 16 heavy (non-hydrogen) atoms. The van der Waals surface area contributed by atoms with E-state index in [2.05, 4.69) is 20.9 Å². The molecule has 0 aliphatic carbocycles. The van der Waals surface area contributed by atoms with Gasteiger partial charge in [0.1, 0.15) is 16.2 Å². The summed E-state index contributed by atoms with van der Waals surface area (Å²) in [6, 6.07) is 8.17. The molecule has 0 aliphatic heterocycles. The van der Waals surface area contributed by atoms with Gasteiger partial charge < -0.3 is 4.74 Å². The van der Waals surface area contributed by atoms with Crippen molar-refractivity contribution >= 4 is 15.9 Å². The predicted octanol–water partition coefficient (Wildman–Crippen LogP) is 3.66. The van der Waals surface area contributed by atoms with Crippen molar-refractivity contribution in [3.8, 4) is 16.9 Å². The second-order valence-electron chi connectivity index (χ2n) is 3.21. The van der Waals surface area contributed by atoms with Gasteiger partial charge in [-0.3, -0.25) is 0 Å². The summed E-state index contributed by atoms with van der Waals surface area (Å²) in [5.74, 6) is 0.201. The van der Waals surface area contributed by atoms with E-state index < -0.39 is 0 Å². The third-order valence-corrected chi connectivity index (χ3v) is 2.63. The SMILES string of the molecule is COc1cc(F)ccc1-c1ccnc(Br)c1. The van der Waals surface area contributed by atoms with Crippen LogP contribution in [0.25, 0.3) is 11.1 Å². The Morgan fingerprint density at radius 1 is 1.25 bits per heavy atom. The van der Waals surface area contributed by atoms with Crippen LogP contribution in [0.15, 0.2) is 41.1 Å². The van der Waals surface area contributed by atoms with Gasteiger partial charge in [-0.2, -0.15) is 0 Å². The lowest BCUT2D eigenvalue weighted by atomic mass is 10.1.